The second-order valence-corrected chi connectivity index (χ2v) is 10.8. The highest BCUT2D eigenvalue weighted by atomic mass is 79.9. The molecule has 0 N–H and O–H groups in total. The summed E-state index contributed by atoms with van der Waals surface area (Å²) in [6, 6.07) is 18.5. The smallest absolute Gasteiger partial charge is 0.220 e. The van der Waals surface area contributed by atoms with Crippen molar-refractivity contribution < 1.29 is 19.1 Å². The summed E-state index contributed by atoms with van der Waals surface area (Å²) in [6.07, 6.45) is 0. The summed E-state index contributed by atoms with van der Waals surface area (Å²) in [4.78, 5) is 11.3. The van der Waals surface area contributed by atoms with Crippen molar-refractivity contribution in [3.05, 3.63) is 97.2 Å². The van der Waals surface area contributed by atoms with Crippen molar-refractivity contribution >= 4 is 39.3 Å². The van der Waals surface area contributed by atoms with E-state index in [1.165, 1.54) is 18.9 Å². The minimum Gasteiger partial charge on any atom is -0.494 e. The summed E-state index contributed by atoms with van der Waals surface area (Å²) < 4.78 is 19.7. The van der Waals surface area contributed by atoms with Crippen molar-refractivity contribution in [2.45, 2.75) is 30.9 Å². The van der Waals surface area contributed by atoms with E-state index in [4.69, 9.17) is 25.8 Å². The van der Waals surface area contributed by atoms with Crippen molar-refractivity contribution in [2.75, 3.05) is 20.3 Å². The molecule has 1 heterocycles. The van der Waals surface area contributed by atoms with Gasteiger partial charge in [-0.05, 0) is 89.4 Å². The molecule has 0 amide bonds. The number of ether oxygens (including phenoxy) is 3. The number of rotatable bonds is 12. The summed E-state index contributed by atoms with van der Waals surface area (Å²) in [7, 11) is 1.53. The first-order valence-electron chi connectivity index (χ1n) is 12.0. The van der Waals surface area contributed by atoms with Crippen LogP contribution >= 0.6 is 39.3 Å². The summed E-state index contributed by atoms with van der Waals surface area (Å²) in [5.74, 6) is 2.34. The molecule has 39 heavy (non-hydrogen) atoms. The van der Waals surface area contributed by atoms with Gasteiger partial charge in [0.05, 0.1) is 18.2 Å². The SMILES string of the molecule is CCOc1ccc(-n2c(C)nnc2S[C@H](C[N+](=O)[O-])c2cc(Br)c(OCc3cccc(Cl)c3)c(OC)c2)cc1. The van der Waals surface area contributed by atoms with Gasteiger partial charge in [0.15, 0.2) is 16.7 Å². The van der Waals surface area contributed by atoms with Crippen molar-refractivity contribution in [2.24, 2.45) is 0 Å². The number of methoxy groups -OCH3 is 1. The molecular formula is C27H26BrClN4O5S. The molecule has 4 rings (SSSR count). The lowest BCUT2D eigenvalue weighted by molar-refractivity contribution is -0.479. The molecule has 1 aromatic heterocycles. The molecule has 0 spiro atoms. The van der Waals surface area contributed by atoms with Crippen molar-refractivity contribution in [3.63, 3.8) is 0 Å². The number of aromatic nitrogens is 3. The van der Waals surface area contributed by atoms with Gasteiger partial charge in [-0.3, -0.25) is 14.7 Å². The number of halogens is 2. The van der Waals surface area contributed by atoms with Gasteiger partial charge in [-0.15, -0.1) is 10.2 Å². The highest BCUT2D eigenvalue weighted by Gasteiger charge is 2.26. The maximum absolute atomic E-state index is 11.7. The molecule has 4 aromatic rings. The molecule has 12 heteroatoms. The summed E-state index contributed by atoms with van der Waals surface area (Å²) in [5, 5.41) is 20.8. The largest absolute Gasteiger partial charge is 0.494 e. The van der Waals surface area contributed by atoms with Crippen LogP contribution in [0.3, 0.4) is 0 Å². The predicted octanol–water partition coefficient (Wildman–Crippen LogP) is 7.09. The van der Waals surface area contributed by atoms with Gasteiger partial charge in [0.25, 0.3) is 0 Å². The molecule has 1 atom stereocenters. The van der Waals surface area contributed by atoms with Crippen LogP contribution in [0.15, 0.2) is 70.3 Å². The molecular weight excluding hydrogens is 608 g/mol. The Bertz CT molecular complexity index is 1450. The van der Waals surface area contributed by atoms with Gasteiger partial charge >= 0.3 is 0 Å². The van der Waals surface area contributed by atoms with E-state index in [-0.39, 0.29) is 18.1 Å². The van der Waals surface area contributed by atoms with Crippen molar-refractivity contribution in [1.29, 1.82) is 0 Å². The average Bonchev–Trinajstić information content (AvgIpc) is 3.27. The number of hydrogen-bond acceptors (Lipinski definition) is 8. The topological polar surface area (TPSA) is 102 Å². The highest BCUT2D eigenvalue weighted by molar-refractivity contribution is 9.10. The molecule has 3 aromatic carbocycles. The molecule has 0 saturated heterocycles. The van der Waals surface area contributed by atoms with E-state index in [1.54, 1.807) is 18.2 Å². The standard InChI is InChI=1S/C27H26BrClN4O5S/c1-4-37-22-10-8-21(9-11-22)33-17(2)30-31-27(33)39-25(15-32(34)35)19-13-23(28)26(24(14-19)36-3)38-16-18-6-5-7-20(29)12-18/h5-14,25H,4,15-16H2,1-3H3/t25-/m1/s1. The maximum atomic E-state index is 11.7. The van der Waals surface area contributed by atoms with Crippen LogP contribution in [0.4, 0.5) is 0 Å². The molecule has 0 fully saturated rings. The van der Waals surface area contributed by atoms with Crippen LogP contribution in [0.1, 0.15) is 29.1 Å². The van der Waals surface area contributed by atoms with E-state index in [1.807, 2.05) is 60.9 Å². The lowest BCUT2D eigenvalue weighted by Gasteiger charge is -2.18. The Hall–Kier alpha value is -3.28. The monoisotopic (exact) mass is 632 g/mol. The first-order chi connectivity index (χ1) is 18.8. The van der Waals surface area contributed by atoms with Crippen LogP contribution in [-0.2, 0) is 6.61 Å². The Kier molecular flexibility index (Phi) is 9.71. The molecule has 9 nitrogen and oxygen atoms in total. The van der Waals surface area contributed by atoms with Crippen LogP contribution in [0, 0.1) is 17.0 Å². The minimum absolute atomic E-state index is 0.270. The van der Waals surface area contributed by atoms with Gasteiger partial charge in [0, 0.05) is 15.6 Å². The molecule has 0 aliphatic heterocycles. The molecule has 0 unspecified atom stereocenters. The third-order valence-electron chi connectivity index (χ3n) is 5.66. The van der Waals surface area contributed by atoms with Crippen LogP contribution in [-0.4, -0.2) is 39.9 Å². The van der Waals surface area contributed by atoms with E-state index in [0.29, 0.717) is 44.1 Å². The minimum atomic E-state index is -0.586. The first kappa shape index (κ1) is 28.7. The van der Waals surface area contributed by atoms with Gasteiger partial charge in [-0.1, -0.05) is 35.5 Å². The number of nitro groups is 1. The van der Waals surface area contributed by atoms with Gasteiger partial charge in [0.1, 0.15) is 23.4 Å². The predicted molar refractivity (Wildman–Crippen MR) is 154 cm³/mol. The second-order valence-electron chi connectivity index (χ2n) is 8.37. The highest BCUT2D eigenvalue weighted by Crippen LogP contribution is 2.43. The zero-order chi connectivity index (χ0) is 27.9. The molecule has 204 valence electrons. The molecule has 0 saturated carbocycles. The number of aryl methyl sites for hydroxylation is 1. The Morgan fingerprint density at radius 1 is 1.13 bits per heavy atom. The number of benzene rings is 3. The van der Waals surface area contributed by atoms with Crippen LogP contribution < -0.4 is 14.2 Å². The zero-order valence-corrected chi connectivity index (χ0v) is 24.6. The fourth-order valence-corrected chi connectivity index (χ4v) is 5.84. The Labute approximate surface area is 243 Å². The molecule has 0 radical (unpaired) electrons. The van der Waals surface area contributed by atoms with Gasteiger partial charge in [-0.25, -0.2) is 0 Å². The van der Waals surface area contributed by atoms with Crippen LogP contribution in [0.2, 0.25) is 5.02 Å². The summed E-state index contributed by atoms with van der Waals surface area (Å²) >= 11 is 10.9. The lowest BCUT2D eigenvalue weighted by atomic mass is 10.1. The van der Waals surface area contributed by atoms with Crippen LogP contribution in [0.25, 0.3) is 5.69 Å². The van der Waals surface area contributed by atoms with E-state index in [9.17, 15) is 10.1 Å². The van der Waals surface area contributed by atoms with E-state index in [0.717, 1.165) is 17.0 Å². The number of thioether (sulfide) groups is 1. The summed E-state index contributed by atoms with van der Waals surface area (Å²) in [6.45, 7) is 4.26. The molecule has 0 bridgehead atoms. The van der Waals surface area contributed by atoms with E-state index in [2.05, 4.69) is 26.1 Å². The third kappa shape index (κ3) is 7.23. The normalized spacial score (nSPS) is 11.7. The van der Waals surface area contributed by atoms with Crippen molar-refractivity contribution in [3.8, 4) is 22.9 Å². The van der Waals surface area contributed by atoms with E-state index < -0.39 is 5.25 Å². The van der Waals surface area contributed by atoms with E-state index >= 15 is 0 Å². The quantitative estimate of drug-likeness (QED) is 0.0926. The number of hydrogen-bond donors (Lipinski definition) is 0. The zero-order valence-electron chi connectivity index (χ0n) is 21.5. The molecule has 0 aliphatic carbocycles. The third-order valence-corrected chi connectivity index (χ3v) is 7.66. The fourth-order valence-electron chi connectivity index (χ4n) is 3.90. The Balaban J connectivity index is 1.63. The average molecular weight is 634 g/mol. The van der Waals surface area contributed by atoms with Gasteiger partial charge in [0.2, 0.25) is 6.54 Å². The maximum Gasteiger partial charge on any atom is 0.220 e. The first-order valence-corrected chi connectivity index (χ1v) is 14.0. The second kappa shape index (κ2) is 13.2. The Morgan fingerprint density at radius 3 is 2.56 bits per heavy atom. The Morgan fingerprint density at radius 2 is 1.90 bits per heavy atom. The van der Waals surface area contributed by atoms with Crippen molar-refractivity contribution in [1.82, 2.24) is 14.8 Å². The van der Waals surface area contributed by atoms with Crippen LogP contribution in [0.5, 0.6) is 17.2 Å². The fraction of sp³-hybridized carbons (Fsp3) is 0.259. The van der Waals surface area contributed by atoms with Gasteiger partial charge < -0.3 is 14.2 Å². The lowest BCUT2D eigenvalue weighted by Crippen LogP contribution is -2.12. The summed E-state index contributed by atoms with van der Waals surface area (Å²) in [5.41, 5.74) is 2.40. The van der Waals surface area contributed by atoms with Gasteiger partial charge in [-0.2, -0.15) is 0 Å². The number of nitrogens with zero attached hydrogens (tertiary/aromatic N) is 4. The molecule has 0 aliphatic rings.